The minimum Gasteiger partial charge on any atom is -0.447 e. The highest BCUT2D eigenvalue weighted by Crippen LogP contribution is 2.31. The van der Waals surface area contributed by atoms with E-state index in [9.17, 15) is 4.79 Å². The third kappa shape index (κ3) is 4.87. The zero-order chi connectivity index (χ0) is 19.4. The van der Waals surface area contributed by atoms with Crippen LogP contribution in [-0.2, 0) is 14.2 Å². The van der Waals surface area contributed by atoms with Crippen molar-refractivity contribution in [3.63, 3.8) is 0 Å². The summed E-state index contributed by atoms with van der Waals surface area (Å²) in [5.74, 6) is 1.03. The van der Waals surface area contributed by atoms with Crippen LogP contribution in [0.5, 0.6) is 0 Å². The van der Waals surface area contributed by atoms with Gasteiger partial charge in [0.2, 0.25) is 0 Å². The molecule has 1 amide bonds. The lowest BCUT2D eigenvalue weighted by atomic mass is 9.84. The van der Waals surface area contributed by atoms with Crippen LogP contribution in [0.3, 0.4) is 0 Å². The van der Waals surface area contributed by atoms with Crippen molar-refractivity contribution in [1.29, 1.82) is 0 Å². The molecule has 144 valence electrons. The Morgan fingerprint density at radius 1 is 1.31 bits per heavy atom. The molecule has 0 bridgehead atoms. The van der Waals surface area contributed by atoms with E-state index in [1.54, 1.807) is 0 Å². The van der Waals surface area contributed by atoms with Gasteiger partial charge in [-0.05, 0) is 29.7 Å². The first-order chi connectivity index (χ1) is 12.2. The van der Waals surface area contributed by atoms with Crippen LogP contribution in [0, 0.1) is 17.8 Å². The maximum atomic E-state index is 12.4. The number of amides is 1. The lowest BCUT2D eigenvalue weighted by Gasteiger charge is -2.26. The molecule has 2 heterocycles. The number of azide groups is 1. The molecule has 0 aromatic heterocycles. The van der Waals surface area contributed by atoms with Crippen LogP contribution in [0.1, 0.15) is 34.1 Å². The largest absolute Gasteiger partial charge is 0.447 e. The Morgan fingerprint density at radius 3 is 2.58 bits per heavy atom. The van der Waals surface area contributed by atoms with E-state index in [0.29, 0.717) is 11.8 Å². The van der Waals surface area contributed by atoms with Crippen molar-refractivity contribution in [2.24, 2.45) is 22.9 Å². The summed E-state index contributed by atoms with van der Waals surface area (Å²) >= 11 is 0. The first-order valence-corrected chi connectivity index (χ1v) is 9.53. The maximum Gasteiger partial charge on any atom is 0.407 e. The van der Waals surface area contributed by atoms with Crippen molar-refractivity contribution in [3.05, 3.63) is 10.4 Å². The van der Waals surface area contributed by atoms with Crippen LogP contribution < -0.4 is 5.32 Å². The van der Waals surface area contributed by atoms with Crippen LogP contribution in [0.4, 0.5) is 4.79 Å². The Bertz CT molecular complexity index is 544. The number of nitrogens with zero attached hydrogens (tertiary/aromatic N) is 3. The molecule has 26 heavy (non-hydrogen) atoms. The molecule has 2 saturated heterocycles. The topological polar surface area (TPSA) is 106 Å². The van der Waals surface area contributed by atoms with Gasteiger partial charge in [0, 0.05) is 16.9 Å². The maximum absolute atomic E-state index is 12.4. The summed E-state index contributed by atoms with van der Waals surface area (Å²) in [6, 6.07) is -0.931. The van der Waals surface area contributed by atoms with Crippen LogP contribution in [0.2, 0.25) is 0 Å². The van der Waals surface area contributed by atoms with Gasteiger partial charge in [0.05, 0.1) is 24.3 Å². The van der Waals surface area contributed by atoms with E-state index in [1.807, 2.05) is 29.5 Å². The number of hydrogen-bond acceptors (Lipinski definition) is 5. The van der Waals surface area contributed by atoms with Crippen LogP contribution in [0.25, 0.3) is 10.4 Å². The van der Waals surface area contributed by atoms with E-state index in [0.717, 1.165) is 6.42 Å². The number of carbonyl (C=O) groups excluding carboxylic acids is 1. The lowest BCUT2D eigenvalue weighted by Crippen LogP contribution is -2.49. The molecule has 2 aliphatic rings. The number of nitrogens with one attached hydrogen (secondary N) is 1. The molecule has 0 aromatic carbocycles. The Morgan fingerprint density at radius 2 is 2.00 bits per heavy atom. The van der Waals surface area contributed by atoms with Crippen molar-refractivity contribution >= 4 is 21.8 Å². The summed E-state index contributed by atoms with van der Waals surface area (Å²) in [6.07, 6.45) is 0.153. The number of carbonyl (C=O) groups is 1. The number of alkyl carbamates (subject to hydrolysis) is 1. The molecule has 7 atom stereocenters. The molecule has 0 aliphatic carbocycles. The van der Waals surface area contributed by atoms with Crippen molar-refractivity contribution in [2.75, 3.05) is 6.61 Å². The Labute approximate surface area is 157 Å². The fourth-order valence-electron chi connectivity index (χ4n) is 4.05. The van der Waals surface area contributed by atoms with Crippen LogP contribution >= 0.6 is 0 Å². The Hall–Kier alpha value is -1.37. The van der Waals surface area contributed by atoms with Crippen molar-refractivity contribution in [2.45, 2.75) is 70.4 Å². The van der Waals surface area contributed by atoms with Gasteiger partial charge in [-0.1, -0.05) is 32.8 Å². The van der Waals surface area contributed by atoms with Gasteiger partial charge in [-0.2, -0.15) is 0 Å². The molecule has 0 radical (unpaired) electrons. The van der Waals surface area contributed by atoms with E-state index in [1.165, 1.54) is 0 Å². The first kappa shape index (κ1) is 20.9. The average molecular weight is 364 g/mol. The first-order valence-electron chi connectivity index (χ1n) is 9.53. The molecule has 7 unspecified atom stereocenters. The predicted octanol–water partition coefficient (Wildman–Crippen LogP) is 0.794. The Balaban J connectivity index is 1.95. The van der Waals surface area contributed by atoms with Crippen molar-refractivity contribution < 1.29 is 19.0 Å². The second-order valence-corrected chi connectivity index (χ2v) is 8.14. The molecule has 2 rings (SSSR count). The summed E-state index contributed by atoms with van der Waals surface area (Å²) in [6.45, 7) is 8.57. The van der Waals surface area contributed by atoms with Gasteiger partial charge in [0.25, 0.3) is 0 Å². The minimum absolute atomic E-state index is 0.0803. The highest BCUT2D eigenvalue weighted by molar-refractivity contribution is 6.12. The molecule has 0 spiro atoms. The summed E-state index contributed by atoms with van der Waals surface area (Å²) < 4.78 is 17.2. The zero-order valence-electron chi connectivity index (χ0n) is 16.6. The summed E-state index contributed by atoms with van der Waals surface area (Å²) in [5, 5.41) is 6.66. The monoisotopic (exact) mass is 364 g/mol. The Kier molecular flexibility index (Phi) is 7.26. The molecule has 0 aromatic rings. The van der Waals surface area contributed by atoms with E-state index in [2.05, 4.69) is 29.2 Å². The fraction of sp³-hybridized carbons (Fsp3) is 0.938. The second-order valence-electron chi connectivity index (χ2n) is 8.14. The van der Waals surface area contributed by atoms with Gasteiger partial charge in [-0.15, -0.1) is 0 Å². The lowest BCUT2D eigenvalue weighted by molar-refractivity contribution is 0.00670. The number of ether oxygens (including phenoxy) is 3. The third-order valence-electron chi connectivity index (χ3n) is 5.42. The smallest absolute Gasteiger partial charge is 0.407 e. The van der Waals surface area contributed by atoms with Gasteiger partial charge in [-0.25, -0.2) is 4.79 Å². The van der Waals surface area contributed by atoms with Gasteiger partial charge in [0.1, 0.15) is 22.3 Å². The molecule has 2 aliphatic heterocycles. The molecule has 1 N–H and O–H groups in total. The highest BCUT2D eigenvalue weighted by atomic mass is 16.6. The SMILES string of the molecule is BC1CC(C(C)C)C(COC(=O)NC2C(N=[N+]=[N-])C(B)OC2C(C)C)O1. The minimum atomic E-state index is -0.526. The molecule has 8 nitrogen and oxygen atoms in total. The van der Waals surface area contributed by atoms with E-state index >= 15 is 0 Å². The second kappa shape index (κ2) is 9.02. The third-order valence-corrected chi connectivity index (χ3v) is 5.42. The molecule has 2 fully saturated rings. The van der Waals surface area contributed by atoms with Crippen LogP contribution in [-0.4, -0.2) is 64.7 Å². The van der Waals surface area contributed by atoms with Crippen LogP contribution in [0.15, 0.2) is 5.11 Å². The normalized spacial score (nSPS) is 36.9. The average Bonchev–Trinajstić information content (AvgIpc) is 3.08. The molecular formula is C16H30B2N4O4. The van der Waals surface area contributed by atoms with Gasteiger partial charge < -0.3 is 19.5 Å². The summed E-state index contributed by atoms with van der Waals surface area (Å²) in [5.41, 5.74) is 8.82. The molecule has 0 saturated carbocycles. The van der Waals surface area contributed by atoms with Crippen molar-refractivity contribution in [1.82, 2.24) is 5.32 Å². The predicted molar refractivity (Wildman–Crippen MR) is 103 cm³/mol. The fourth-order valence-corrected chi connectivity index (χ4v) is 4.05. The van der Waals surface area contributed by atoms with Crippen molar-refractivity contribution in [3.8, 4) is 0 Å². The van der Waals surface area contributed by atoms with E-state index in [-0.39, 0.29) is 36.7 Å². The summed E-state index contributed by atoms with van der Waals surface area (Å²) in [7, 11) is 3.90. The van der Waals surface area contributed by atoms with E-state index in [4.69, 9.17) is 19.7 Å². The highest BCUT2D eigenvalue weighted by Gasteiger charge is 2.44. The van der Waals surface area contributed by atoms with Gasteiger partial charge in [-0.3, -0.25) is 0 Å². The van der Waals surface area contributed by atoms with Gasteiger partial charge in [0.15, 0.2) is 0 Å². The number of hydrogen-bond donors (Lipinski definition) is 1. The number of rotatable bonds is 6. The standard InChI is InChI=1S/C16H30B2N4O4/c1-7(2)9-5-11(17)25-10(9)6-24-16(23)20-12-13(21-22-19)15(18)26-14(12)8(3)4/h7-15H,5-6,17-18H2,1-4H3,(H,20,23). The quantitative estimate of drug-likeness (QED) is 0.326. The zero-order valence-corrected chi connectivity index (χ0v) is 16.6. The van der Waals surface area contributed by atoms with Gasteiger partial charge >= 0.3 is 6.09 Å². The summed E-state index contributed by atoms with van der Waals surface area (Å²) in [4.78, 5) is 15.3. The molecule has 10 heteroatoms. The molecular weight excluding hydrogens is 334 g/mol. The van der Waals surface area contributed by atoms with E-state index < -0.39 is 18.2 Å².